The van der Waals surface area contributed by atoms with Crippen LogP contribution < -0.4 is 0 Å². The van der Waals surface area contributed by atoms with E-state index < -0.39 is 10.0 Å². The van der Waals surface area contributed by atoms with E-state index in [4.69, 9.17) is 5.11 Å². The lowest BCUT2D eigenvalue weighted by molar-refractivity contribution is 0.120. The van der Waals surface area contributed by atoms with Gasteiger partial charge in [0.15, 0.2) is 0 Å². The van der Waals surface area contributed by atoms with Gasteiger partial charge in [0.2, 0.25) is 10.0 Å². The number of aryl methyl sites for hydroxylation is 1. The zero-order valence-corrected chi connectivity index (χ0v) is 12.5. The first-order chi connectivity index (χ1) is 9.53. The Bertz CT molecular complexity index is 503. The predicted octanol–water partition coefficient (Wildman–Crippen LogP) is -0.789. The van der Waals surface area contributed by atoms with E-state index in [0.717, 1.165) is 0 Å². The molecule has 0 bridgehead atoms. The molecule has 8 heteroatoms. The third-order valence-electron chi connectivity index (χ3n) is 3.59. The summed E-state index contributed by atoms with van der Waals surface area (Å²) in [6.45, 7) is 4.89. The first-order valence-corrected chi connectivity index (χ1v) is 8.42. The normalized spacial score (nSPS) is 22.2. The standard InChI is InChI=1S/C12H22N4O3S/c1-12-10-14(6-8-17)4-5-16(12)20(18,19)9-7-15-3-2-13-11-15/h2-3,11-12,17H,4-10H2,1H3. The number of piperazine rings is 1. The van der Waals surface area contributed by atoms with E-state index >= 15 is 0 Å². The van der Waals surface area contributed by atoms with Crippen molar-refractivity contribution >= 4 is 10.0 Å². The second kappa shape index (κ2) is 6.66. The Morgan fingerprint density at radius 2 is 2.15 bits per heavy atom. The van der Waals surface area contributed by atoms with Crippen molar-refractivity contribution in [1.82, 2.24) is 18.8 Å². The van der Waals surface area contributed by atoms with Crippen LogP contribution in [0.4, 0.5) is 0 Å². The molecule has 0 radical (unpaired) electrons. The molecule has 1 fully saturated rings. The first-order valence-electron chi connectivity index (χ1n) is 6.81. The number of hydrogen-bond acceptors (Lipinski definition) is 5. The molecule has 0 aromatic carbocycles. The summed E-state index contributed by atoms with van der Waals surface area (Å²) in [6, 6.07) is -0.0527. The minimum absolute atomic E-state index is 0.0527. The molecule has 0 saturated carbocycles. The number of imidazole rings is 1. The van der Waals surface area contributed by atoms with Crippen LogP contribution in [0.2, 0.25) is 0 Å². The fraction of sp³-hybridized carbons (Fsp3) is 0.750. The number of sulfonamides is 1. The molecule has 7 nitrogen and oxygen atoms in total. The molecular weight excluding hydrogens is 280 g/mol. The number of aliphatic hydroxyl groups is 1. The summed E-state index contributed by atoms with van der Waals surface area (Å²) >= 11 is 0. The van der Waals surface area contributed by atoms with E-state index in [0.29, 0.717) is 32.7 Å². The van der Waals surface area contributed by atoms with Gasteiger partial charge in [-0.15, -0.1) is 0 Å². The topological polar surface area (TPSA) is 78.7 Å². The van der Waals surface area contributed by atoms with E-state index in [9.17, 15) is 8.42 Å². The van der Waals surface area contributed by atoms with Crippen molar-refractivity contribution in [3.05, 3.63) is 18.7 Å². The van der Waals surface area contributed by atoms with Crippen LogP contribution in [0, 0.1) is 0 Å². The average Bonchev–Trinajstić information content (AvgIpc) is 2.90. The maximum absolute atomic E-state index is 12.4. The fourth-order valence-corrected chi connectivity index (χ4v) is 4.18. The van der Waals surface area contributed by atoms with Gasteiger partial charge in [-0.3, -0.25) is 4.90 Å². The number of β-amino-alcohol motifs (C(OH)–C–C–N with tert-alkyl or cyclic N) is 1. The molecule has 1 aliphatic heterocycles. The van der Waals surface area contributed by atoms with Gasteiger partial charge >= 0.3 is 0 Å². The molecule has 1 saturated heterocycles. The van der Waals surface area contributed by atoms with Gasteiger partial charge in [-0.1, -0.05) is 0 Å². The van der Waals surface area contributed by atoms with E-state index in [1.165, 1.54) is 0 Å². The van der Waals surface area contributed by atoms with Crippen molar-refractivity contribution in [2.45, 2.75) is 19.5 Å². The number of rotatable bonds is 6. The summed E-state index contributed by atoms with van der Waals surface area (Å²) in [7, 11) is -3.25. The number of nitrogens with zero attached hydrogens (tertiary/aromatic N) is 4. The van der Waals surface area contributed by atoms with E-state index in [1.54, 1.807) is 27.6 Å². The fourth-order valence-electron chi connectivity index (χ4n) is 2.53. The van der Waals surface area contributed by atoms with Crippen molar-refractivity contribution in [3.63, 3.8) is 0 Å². The summed E-state index contributed by atoms with van der Waals surface area (Å²) in [5.74, 6) is 0.0910. The van der Waals surface area contributed by atoms with Crippen LogP contribution >= 0.6 is 0 Å². The zero-order chi connectivity index (χ0) is 14.6. The Morgan fingerprint density at radius 3 is 2.75 bits per heavy atom. The second-order valence-corrected chi connectivity index (χ2v) is 7.14. The van der Waals surface area contributed by atoms with Crippen molar-refractivity contribution in [2.75, 3.05) is 38.5 Å². The number of hydrogen-bond donors (Lipinski definition) is 1. The molecule has 1 N–H and O–H groups in total. The number of aliphatic hydroxyl groups excluding tert-OH is 1. The maximum Gasteiger partial charge on any atom is 0.216 e. The highest BCUT2D eigenvalue weighted by molar-refractivity contribution is 7.89. The van der Waals surface area contributed by atoms with Crippen LogP contribution in [0.15, 0.2) is 18.7 Å². The molecule has 2 rings (SSSR count). The molecule has 1 atom stereocenters. The lowest BCUT2D eigenvalue weighted by Crippen LogP contribution is -2.54. The molecule has 1 aromatic rings. The van der Waals surface area contributed by atoms with Gasteiger partial charge in [0.05, 0.1) is 18.7 Å². The van der Waals surface area contributed by atoms with Crippen LogP contribution in [0.25, 0.3) is 0 Å². The van der Waals surface area contributed by atoms with E-state index in [1.807, 2.05) is 6.92 Å². The van der Waals surface area contributed by atoms with Gasteiger partial charge in [0.1, 0.15) is 0 Å². The lowest BCUT2D eigenvalue weighted by Gasteiger charge is -2.38. The maximum atomic E-state index is 12.4. The molecule has 114 valence electrons. The Hall–Kier alpha value is -0.960. The lowest BCUT2D eigenvalue weighted by atomic mass is 10.2. The van der Waals surface area contributed by atoms with E-state index in [-0.39, 0.29) is 18.4 Å². The van der Waals surface area contributed by atoms with Crippen LogP contribution in [-0.4, -0.2) is 76.9 Å². The van der Waals surface area contributed by atoms with Gasteiger partial charge < -0.3 is 9.67 Å². The smallest absolute Gasteiger partial charge is 0.216 e. The molecule has 1 unspecified atom stereocenters. The Balaban J connectivity index is 1.92. The van der Waals surface area contributed by atoms with Crippen molar-refractivity contribution in [1.29, 1.82) is 0 Å². The first kappa shape index (κ1) is 15.4. The average molecular weight is 302 g/mol. The highest BCUT2D eigenvalue weighted by atomic mass is 32.2. The van der Waals surface area contributed by atoms with Crippen LogP contribution in [0.3, 0.4) is 0 Å². The third kappa shape index (κ3) is 3.78. The predicted molar refractivity (Wildman–Crippen MR) is 75.7 cm³/mol. The Kier molecular flexibility index (Phi) is 5.14. The van der Waals surface area contributed by atoms with E-state index in [2.05, 4.69) is 9.88 Å². The summed E-state index contributed by atoms with van der Waals surface area (Å²) in [5.41, 5.74) is 0. The van der Waals surface area contributed by atoms with Gasteiger partial charge in [-0.2, -0.15) is 4.31 Å². The molecule has 0 aliphatic carbocycles. The zero-order valence-electron chi connectivity index (χ0n) is 11.7. The SMILES string of the molecule is CC1CN(CCO)CCN1S(=O)(=O)CCn1ccnc1. The molecule has 0 spiro atoms. The van der Waals surface area contributed by atoms with Crippen molar-refractivity contribution < 1.29 is 13.5 Å². The highest BCUT2D eigenvalue weighted by Gasteiger charge is 2.31. The minimum Gasteiger partial charge on any atom is -0.395 e. The Morgan fingerprint density at radius 1 is 1.35 bits per heavy atom. The molecule has 1 aromatic heterocycles. The molecule has 1 aliphatic rings. The van der Waals surface area contributed by atoms with Gasteiger partial charge in [0, 0.05) is 51.2 Å². The molecular formula is C12H22N4O3S. The summed E-state index contributed by atoms with van der Waals surface area (Å²) in [5, 5.41) is 8.94. The second-order valence-electron chi connectivity index (χ2n) is 5.10. The van der Waals surface area contributed by atoms with Gasteiger partial charge in [-0.25, -0.2) is 13.4 Å². The monoisotopic (exact) mass is 302 g/mol. The largest absolute Gasteiger partial charge is 0.395 e. The molecule has 20 heavy (non-hydrogen) atoms. The minimum atomic E-state index is -3.25. The summed E-state index contributed by atoms with van der Waals surface area (Å²) in [6.07, 6.45) is 5.03. The van der Waals surface area contributed by atoms with Gasteiger partial charge in [0.25, 0.3) is 0 Å². The molecule has 2 heterocycles. The third-order valence-corrected chi connectivity index (χ3v) is 5.55. The summed E-state index contributed by atoms with van der Waals surface area (Å²) < 4.78 is 28.1. The van der Waals surface area contributed by atoms with Crippen LogP contribution in [-0.2, 0) is 16.6 Å². The Labute approximate surface area is 119 Å². The van der Waals surface area contributed by atoms with Crippen molar-refractivity contribution in [2.24, 2.45) is 0 Å². The quantitative estimate of drug-likeness (QED) is 0.745. The van der Waals surface area contributed by atoms with Crippen LogP contribution in [0.5, 0.6) is 0 Å². The molecule has 0 amide bonds. The van der Waals surface area contributed by atoms with Crippen molar-refractivity contribution in [3.8, 4) is 0 Å². The number of aromatic nitrogens is 2. The van der Waals surface area contributed by atoms with Crippen LogP contribution in [0.1, 0.15) is 6.92 Å². The highest BCUT2D eigenvalue weighted by Crippen LogP contribution is 2.14. The van der Waals surface area contributed by atoms with Gasteiger partial charge in [-0.05, 0) is 6.92 Å². The summed E-state index contributed by atoms with van der Waals surface area (Å²) in [4.78, 5) is 5.99.